The molecular weight excluding hydrogens is 142 g/mol. The zero-order chi connectivity index (χ0) is 8.43. The average Bonchev–Trinajstić information content (AvgIpc) is 2.18. The van der Waals surface area contributed by atoms with Gasteiger partial charge in [-0.15, -0.1) is 5.11 Å². The molecule has 0 aliphatic carbocycles. The lowest BCUT2D eigenvalue weighted by Gasteiger charge is -2.08. The molecule has 0 aromatic heterocycles. The molecule has 0 fully saturated rings. The highest BCUT2D eigenvalue weighted by Crippen LogP contribution is 2.15. The minimum atomic E-state index is -0.198. The van der Waals surface area contributed by atoms with E-state index in [4.69, 9.17) is 0 Å². The first kappa shape index (κ1) is 8.07. The number of azo groups is 1. The Labute approximate surface area is 65.6 Å². The molecule has 1 aliphatic heterocycles. The van der Waals surface area contributed by atoms with Crippen LogP contribution >= 0.6 is 0 Å². The van der Waals surface area contributed by atoms with Gasteiger partial charge in [0.15, 0.2) is 0 Å². The van der Waals surface area contributed by atoms with E-state index in [-0.39, 0.29) is 5.91 Å². The SMILES string of the molecule is CC1=C(CN(C)C)C(=O)N=N1. The first-order valence-corrected chi connectivity index (χ1v) is 3.42. The van der Waals surface area contributed by atoms with Crippen molar-refractivity contribution in [3.63, 3.8) is 0 Å². The van der Waals surface area contributed by atoms with Gasteiger partial charge in [0.25, 0.3) is 5.91 Å². The molecular formula is C7H11N3O. The monoisotopic (exact) mass is 153 g/mol. The van der Waals surface area contributed by atoms with Crippen LogP contribution in [0.15, 0.2) is 21.5 Å². The van der Waals surface area contributed by atoms with Crippen molar-refractivity contribution in [2.24, 2.45) is 10.2 Å². The van der Waals surface area contributed by atoms with Crippen LogP contribution in [0, 0.1) is 0 Å². The van der Waals surface area contributed by atoms with Crippen LogP contribution in [0.3, 0.4) is 0 Å². The molecule has 4 heteroatoms. The molecule has 0 saturated heterocycles. The van der Waals surface area contributed by atoms with Crippen LogP contribution in [0.5, 0.6) is 0 Å². The molecule has 0 N–H and O–H groups in total. The third kappa shape index (κ3) is 1.71. The summed E-state index contributed by atoms with van der Waals surface area (Å²) in [5.74, 6) is -0.198. The van der Waals surface area contributed by atoms with Crippen molar-refractivity contribution in [1.29, 1.82) is 0 Å². The molecule has 1 rings (SSSR count). The number of carbonyl (C=O) groups excluding carboxylic acids is 1. The van der Waals surface area contributed by atoms with Gasteiger partial charge in [-0.1, -0.05) is 0 Å². The van der Waals surface area contributed by atoms with Gasteiger partial charge in [-0.05, 0) is 21.0 Å². The predicted molar refractivity (Wildman–Crippen MR) is 41.1 cm³/mol. The van der Waals surface area contributed by atoms with E-state index >= 15 is 0 Å². The molecule has 11 heavy (non-hydrogen) atoms. The maximum absolute atomic E-state index is 11.0. The summed E-state index contributed by atoms with van der Waals surface area (Å²) < 4.78 is 0. The predicted octanol–water partition coefficient (Wildman–Crippen LogP) is 0.814. The van der Waals surface area contributed by atoms with Crippen LogP contribution in [0.2, 0.25) is 0 Å². The van der Waals surface area contributed by atoms with Crippen LogP contribution in [0.4, 0.5) is 0 Å². The number of carbonyl (C=O) groups is 1. The summed E-state index contributed by atoms with van der Waals surface area (Å²) in [6.45, 7) is 2.42. The number of amides is 1. The van der Waals surface area contributed by atoms with Crippen molar-refractivity contribution in [3.8, 4) is 0 Å². The second-order valence-electron chi connectivity index (χ2n) is 2.81. The Morgan fingerprint density at radius 3 is 2.36 bits per heavy atom. The van der Waals surface area contributed by atoms with Gasteiger partial charge in [-0.3, -0.25) is 4.79 Å². The van der Waals surface area contributed by atoms with Gasteiger partial charge in [0.2, 0.25) is 0 Å². The fourth-order valence-electron chi connectivity index (χ4n) is 0.894. The first-order valence-electron chi connectivity index (χ1n) is 3.42. The molecule has 0 spiro atoms. The summed E-state index contributed by atoms with van der Waals surface area (Å²) in [4.78, 5) is 12.9. The van der Waals surface area contributed by atoms with Gasteiger partial charge < -0.3 is 4.90 Å². The Morgan fingerprint density at radius 2 is 2.00 bits per heavy atom. The summed E-state index contributed by atoms with van der Waals surface area (Å²) >= 11 is 0. The third-order valence-electron chi connectivity index (χ3n) is 1.46. The van der Waals surface area contributed by atoms with Crippen LogP contribution in [-0.4, -0.2) is 31.4 Å². The Bertz CT molecular complexity index is 240. The molecule has 1 aliphatic rings. The summed E-state index contributed by atoms with van der Waals surface area (Å²) in [5.41, 5.74) is 1.44. The van der Waals surface area contributed by atoms with E-state index in [0.717, 1.165) is 5.70 Å². The lowest BCUT2D eigenvalue weighted by Crippen LogP contribution is -2.18. The van der Waals surface area contributed by atoms with Crippen molar-refractivity contribution < 1.29 is 4.79 Å². The summed E-state index contributed by atoms with van der Waals surface area (Å²) in [5, 5.41) is 7.12. The molecule has 0 aromatic rings. The lowest BCUT2D eigenvalue weighted by molar-refractivity contribution is -0.114. The highest BCUT2D eigenvalue weighted by atomic mass is 16.2. The summed E-state index contributed by atoms with van der Waals surface area (Å²) in [7, 11) is 3.82. The lowest BCUT2D eigenvalue weighted by atomic mass is 10.2. The Kier molecular flexibility index (Phi) is 2.14. The minimum absolute atomic E-state index is 0.198. The highest BCUT2D eigenvalue weighted by molar-refractivity contribution is 5.96. The van der Waals surface area contributed by atoms with Crippen LogP contribution < -0.4 is 0 Å². The van der Waals surface area contributed by atoms with Gasteiger partial charge in [0, 0.05) is 6.54 Å². The van der Waals surface area contributed by atoms with Crippen molar-refractivity contribution in [1.82, 2.24) is 4.90 Å². The van der Waals surface area contributed by atoms with Crippen molar-refractivity contribution >= 4 is 5.91 Å². The van der Waals surface area contributed by atoms with E-state index in [1.165, 1.54) is 0 Å². The standard InChI is InChI=1S/C7H11N3O/c1-5-6(4-10(2)3)7(11)9-8-5/h4H2,1-3H3. The van der Waals surface area contributed by atoms with Gasteiger partial charge in [0.05, 0.1) is 11.3 Å². The topological polar surface area (TPSA) is 45.0 Å². The molecule has 4 nitrogen and oxygen atoms in total. The molecule has 0 radical (unpaired) electrons. The molecule has 0 bridgehead atoms. The van der Waals surface area contributed by atoms with Crippen LogP contribution in [0.1, 0.15) is 6.92 Å². The Morgan fingerprint density at radius 1 is 1.36 bits per heavy atom. The van der Waals surface area contributed by atoms with E-state index in [0.29, 0.717) is 12.1 Å². The summed E-state index contributed by atoms with van der Waals surface area (Å²) in [6, 6.07) is 0. The quantitative estimate of drug-likeness (QED) is 0.589. The minimum Gasteiger partial charge on any atom is -0.305 e. The van der Waals surface area contributed by atoms with E-state index in [9.17, 15) is 4.79 Å². The zero-order valence-corrected chi connectivity index (χ0v) is 6.96. The fourth-order valence-corrected chi connectivity index (χ4v) is 0.894. The molecule has 1 amide bonds. The van der Waals surface area contributed by atoms with E-state index in [2.05, 4.69) is 10.2 Å². The van der Waals surface area contributed by atoms with Gasteiger partial charge >= 0.3 is 0 Å². The smallest absolute Gasteiger partial charge is 0.294 e. The van der Waals surface area contributed by atoms with E-state index in [1.807, 2.05) is 19.0 Å². The average molecular weight is 153 g/mol. The molecule has 0 atom stereocenters. The molecule has 0 unspecified atom stereocenters. The second-order valence-corrected chi connectivity index (χ2v) is 2.81. The summed E-state index contributed by atoms with van der Waals surface area (Å²) in [6.07, 6.45) is 0. The van der Waals surface area contributed by atoms with Crippen molar-refractivity contribution in [2.45, 2.75) is 6.92 Å². The molecule has 60 valence electrons. The van der Waals surface area contributed by atoms with Gasteiger partial charge in [-0.2, -0.15) is 5.11 Å². The van der Waals surface area contributed by atoms with E-state index < -0.39 is 0 Å². The number of rotatable bonds is 2. The maximum Gasteiger partial charge on any atom is 0.294 e. The van der Waals surface area contributed by atoms with Crippen LogP contribution in [-0.2, 0) is 4.79 Å². The first-order chi connectivity index (χ1) is 5.11. The Balaban J connectivity index is 2.73. The van der Waals surface area contributed by atoms with Gasteiger partial charge in [0.1, 0.15) is 0 Å². The molecule has 1 heterocycles. The highest BCUT2D eigenvalue weighted by Gasteiger charge is 2.18. The van der Waals surface area contributed by atoms with E-state index in [1.54, 1.807) is 6.92 Å². The fraction of sp³-hybridized carbons (Fsp3) is 0.571. The van der Waals surface area contributed by atoms with Crippen LogP contribution in [0.25, 0.3) is 0 Å². The maximum atomic E-state index is 11.0. The Hall–Kier alpha value is -1.03. The normalized spacial score (nSPS) is 17.3. The number of allylic oxidation sites excluding steroid dienone is 1. The van der Waals surface area contributed by atoms with Crippen molar-refractivity contribution in [2.75, 3.05) is 20.6 Å². The zero-order valence-electron chi connectivity index (χ0n) is 6.96. The number of hydrogen-bond acceptors (Lipinski definition) is 3. The molecule has 0 saturated carbocycles. The third-order valence-corrected chi connectivity index (χ3v) is 1.46. The largest absolute Gasteiger partial charge is 0.305 e. The number of likely N-dealkylation sites (N-methyl/N-ethyl adjacent to an activating group) is 1. The molecule has 0 aromatic carbocycles. The van der Waals surface area contributed by atoms with Gasteiger partial charge in [-0.25, -0.2) is 0 Å². The second kappa shape index (κ2) is 2.92. The number of nitrogens with zero attached hydrogens (tertiary/aromatic N) is 3. The number of hydrogen-bond donors (Lipinski definition) is 0. The van der Waals surface area contributed by atoms with Crippen molar-refractivity contribution in [3.05, 3.63) is 11.3 Å².